The van der Waals surface area contributed by atoms with Crippen LogP contribution in [0.25, 0.3) is 11.3 Å². The lowest BCUT2D eigenvalue weighted by Crippen LogP contribution is -2.47. The van der Waals surface area contributed by atoms with Crippen molar-refractivity contribution in [3.8, 4) is 11.3 Å². The predicted molar refractivity (Wildman–Crippen MR) is 105 cm³/mol. The number of halogens is 1. The number of fused-ring (bicyclic) bond motifs is 1. The van der Waals surface area contributed by atoms with Crippen LogP contribution in [0.15, 0.2) is 59.1 Å². The van der Waals surface area contributed by atoms with Crippen LogP contribution in [0.2, 0.25) is 0 Å². The highest BCUT2D eigenvalue weighted by Gasteiger charge is 2.56. The Hall–Kier alpha value is -2.95. The molecule has 1 unspecified atom stereocenters. The first-order chi connectivity index (χ1) is 13.6. The number of amides is 1. The van der Waals surface area contributed by atoms with Gasteiger partial charge in [0, 0.05) is 23.4 Å². The number of aryl methyl sites for hydroxylation is 1. The van der Waals surface area contributed by atoms with E-state index in [1.54, 1.807) is 12.1 Å². The lowest BCUT2D eigenvalue weighted by molar-refractivity contribution is -0.121. The van der Waals surface area contributed by atoms with Gasteiger partial charge >= 0.3 is 0 Å². The summed E-state index contributed by atoms with van der Waals surface area (Å²) in [6.45, 7) is 2.05. The minimum atomic E-state index is -0.631. The molecule has 4 nitrogen and oxygen atoms in total. The van der Waals surface area contributed by atoms with E-state index in [2.05, 4.69) is 12.1 Å². The van der Waals surface area contributed by atoms with Crippen LogP contribution in [-0.4, -0.2) is 17.1 Å². The van der Waals surface area contributed by atoms with Gasteiger partial charge in [-0.1, -0.05) is 35.5 Å². The standard InChI is InChI=1S/C23H21FN2O2/c1-15-7-8-17-13-18(24)9-10-19(17)26(15)22(27)23(11-12-23)21-14-20(28-25-21)16-5-3-2-4-6-16/h2-6,9-10,13-15H,7-8,11-12H2,1H3. The van der Waals surface area contributed by atoms with E-state index in [0.717, 1.165) is 42.5 Å². The second-order valence-corrected chi connectivity index (χ2v) is 7.86. The Kier molecular flexibility index (Phi) is 3.86. The minimum Gasteiger partial charge on any atom is -0.356 e. The van der Waals surface area contributed by atoms with E-state index in [1.165, 1.54) is 6.07 Å². The van der Waals surface area contributed by atoms with Crippen LogP contribution in [0.4, 0.5) is 10.1 Å². The van der Waals surface area contributed by atoms with Crippen LogP contribution < -0.4 is 4.90 Å². The van der Waals surface area contributed by atoms with Crippen molar-refractivity contribution in [2.45, 2.75) is 44.1 Å². The van der Waals surface area contributed by atoms with E-state index in [-0.39, 0.29) is 17.8 Å². The fourth-order valence-electron chi connectivity index (χ4n) is 4.20. The SMILES string of the molecule is CC1CCc2cc(F)ccc2N1C(=O)C1(c2cc(-c3ccccc3)on2)CC1. The minimum absolute atomic E-state index is 0.0421. The quantitative estimate of drug-likeness (QED) is 0.654. The Labute approximate surface area is 163 Å². The number of hydrogen-bond acceptors (Lipinski definition) is 3. The summed E-state index contributed by atoms with van der Waals surface area (Å²) in [5.41, 5.74) is 2.72. The summed E-state index contributed by atoms with van der Waals surface area (Å²) in [7, 11) is 0. The maximum atomic E-state index is 13.7. The van der Waals surface area contributed by atoms with Gasteiger partial charge < -0.3 is 9.42 Å². The number of aromatic nitrogens is 1. The van der Waals surface area contributed by atoms with Gasteiger partial charge in [-0.15, -0.1) is 0 Å². The smallest absolute Gasteiger partial charge is 0.239 e. The molecule has 2 aromatic carbocycles. The molecular formula is C23H21FN2O2. The number of rotatable bonds is 3. The zero-order valence-corrected chi connectivity index (χ0v) is 15.7. The molecular weight excluding hydrogens is 355 g/mol. The molecule has 5 rings (SSSR count). The molecule has 28 heavy (non-hydrogen) atoms. The summed E-state index contributed by atoms with van der Waals surface area (Å²) in [6, 6.07) is 16.4. The predicted octanol–water partition coefficient (Wildman–Crippen LogP) is 4.88. The highest BCUT2D eigenvalue weighted by Crippen LogP contribution is 2.51. The Balaban J connectivity index is 1.50. The van der Waals surface area contributed by atoms with Crippen LogP contribution in [0, 0.1) is 5.82 Å². The molecule has 0 bridgehead atoms. The first kappa shape index (κ1) is 17.2. The Bertz CT molecular complexity index is 1040. The summed E-state index contributed by atoms with van der Waals surface area (Å²) in [6.07, 6.45) is 3.12. The summed E-state index contributed by atoms with van der Waals surface area (Å²) >= 11 is 0. The van der Waals surface area contributed by atoms with E-state index < -0.39 is 5.41 Å². The number of anilines is 1. The normalized spacial score (nSPS) is 19.9. The highest BCUT2D eigenvalue weighted by atomic mass is 19.1. The Morgan fingerprint density at radius 2 is 1.96 bits per heavy atom. The Morgan fingerprint density at radius 3 is 2.71 bits per heavy atom. The summed E-state index contributed by atoms with van der Waals surface area (Å²) < 4.78 is 19.2. The monoisotopic (exact) mass is 376 g/mol. The maximum absolute atomic E-state index is 13.7. The molecule has 1 amide bonds. The lowest BCUT2D eigenvalue weighted by atomic mass is 9.92. The Morgan fingerprint density at radius 1 is 1.18 bits per heavy atom. The number of nitrogens with zero attached hydrogens (tertiary/aromatic N) is 2. The van der Waals surface area contributed by atoms with Crippen LogP contribution in [0.5, 0.6) is 0 Å². The van der Waals surface area contributed by atoms with E-state index in [1.807, 2.05) is 41.3 Å². The molecule has 5 heteroatoms. The van der Waals surface area contributed by atoms with Crippen LogP contribution in [0.1, 0.15) is 37.4 Å². The fourth-order valence-corrected chi connectivity index (χ4v) is 4.20. The van der Waals surface area contributed by atoms with Gasteiger partial charge in [-0.2, -0.15) is 0 Å². The van der Waals surface area contributed by atoms with Crippen LogP contribution >= 0.6 is 0 Å². The first-order valence-electron chi connectivity index (χ1n) is 9.73. The molecule has 0 saturated heterocycles. The van der Waals surface area contributed by atoms with Gasteiger partial charge in [0.05, 0.1) is 11.1 Å². The molecule has 0 spiro atoms. The van der Waals surface area contributed by atoms with Crippen molar-refractivity contribution in [1.82, 2.24) is 5.16 Å². The summed E-state index contributed by atoms with van der Waals surface area (Å²) in [5.74, 6) is 0.454. The molecule has 1 atom stereocenters. The zero-order chi connectivity index (χ0) is 19.3. The van der Waals surface area contributed by atoms with Crippen molar-refractivity contribution in [3.63, 3.8) is 0 Å². The average Bonchev–Trinajstić information content (AvgIpc) is 3.37. The molecule has 1 aromatic heterocycles. The van der Waals surface area contributed by atoms with E-state index in [4.69, 9.17) is 4.52 Å². The topological polar surface area (TPSA) is 46.3 Å². The van der Waals surface area contributed by atoms with Gasteiger partial charge in [0.25, 0.3) is 0 Å². The van der Waals surface area contributed by atoms with Gasteiger partial charge in [0.2, 0.25) is 5.91 Å². The number of hydrogen-bond donors (Lipinski definition) is 0. The van der Waals surface area contributed by atoms with Crippen molar-refractivity contribution in [2.75, 3.05) is 4.90 Å². The largest absolute Gasteiger partial charge is 0.356 e. The molecule has 0 radical (unpaired) electrons. The third-order valence-corrected chi connectivity index (χ3v) is 6.01. The molecule has 0 N–H and O–H groups in total. The van der Waals surface area contributed by atoms with Gasteiger partial charge in [0.1, 0.15) is 5.82 Å². The van der Waals surface area contributed by atoms with Gasteiger partial charge in [-0.25, -0.2) is 4.39 Å². The molecule has 2 heterocycles. The third kappa shape index (κ3) is 2.65. The molecule has 1 aliphatic carbocycles. The molecule has 1 fully saturated rings. The van der Waals surface area contributed by atoms with Crippen molar-refractivity contribution >= 4 is 11.6 Å². The van der Waals surface area contributed by atoms with E-state index >= 15 is 0 Å². The fraction of sp³-hybridized carbons (Fsp3) is 0.304. The molecule has 1 aliphatic heterocycles. The highest BCUT2D eigenvalue weighted by molar-refractivity contribution is 6.04. The molecule has 2 aliphatic rings. The first-order valence-corrected chi connectivity index (χ1v) is 9.73. The van der Waals surface area contributed by atoms with Gasteiger partial charge in [-0.05, 0) is 56.4 Å². The lowest BCUT2D eigenvalue weighted by Gasteiger charge is -2.37. The van der Waals surface area contributed by atoms with E-state index in [9.17, 15) is 9.18 Å². The number of benzene rings is 2. The second-order valence-electron chi connectivity index (χ2n) is 7.86. The summed E-state index contributed by atoms with van der Waals surface area (Å²) in [4.78, 5) is 15.5. The van der Waals surface area contributed by atoms with Crippen molar-refractivity contribution in [2.24, 2.45) is 0 Å². The third-order valence-electron chi connectivity index (χ3n) is 6.01. The van der Waals surface area contributed by atoms with Crippen molar-refractivity contribution < 1.29 is 13.7 Å². The zero-order valence-electron chi connectivity index (χ0n) is 15.7. The average molecular weight is 376 g/mol. The van der Waals surface area contributed by atoms with Crippen molar-refractivity contribution in [3.05, 3.63) is 71.7 Å². The number of carbonyl (C=O) groups is 1. The molecule has 142 valence electrons. The van der Waals surface area contributed by atoms with E-state index in [0.29, 0.717) is 11.5 Å². The van der Waals surface area contributed by atoms with Crippen LogP contribution in [-0.2, 0) is 16.6 Å². The van der Waals surface area contributed by atoms with Crippen molar-refractivity contribution in [1.29, 1.82) is 0 Å². The number of carbonyl (C=O) groups excluding carboxylic acids is 1. The summed E-state index contributed by atoms with van der Waals surface area (Å²) in [5, 5.41) is 4.26. The molecule has 1 saturated carbocycles. The van der Waals surface area contributed by atoms with Gasteiger partial charge in [-0.3, -0.25) is 4.79 Å². The maximum Gasteiger partial charge on any atom is 0.239 e. The molecule has 3 aromatic rings. The second kappa shape index (κ2) is 6.30. The van der Waals surface area contributed by atoms with Gasteiger partial charge in [0.15, 0.2) is 5.76 Å². The van der Waals surface area contributed by atoms with Crippen LogP contribution in [0.3, 0.4) is 0 Å².